The number of benzene rings is 1. The van der Waals surface area contributed by atoms with Crippen LogP contribution in [0.25, 0.3) is 0 Å². The number of amides is 7. The van der Waals surface area contributed by atoms with Gasteiger partial charge in [0.05, 0.1) is 57.6 Å². The minimum atomic E-state index is -2.11. The highest BCUT2D eigenvalue weighted by atomic mass is 16.5. The van der Waals surface area contributed by atoms with Crippen LogP contribution in [0.15, 0.2) is 54.1 Å². The van der Waals surface area contributed by atoms with Crippen molar-refractivity contribution in [2.24, 2.45) is 17.8 Å². The van der Waals surface area contributed by atoms with Gasteiger partial charge >= 0.3 is 23.9 Å². The molecule has 0 spiro atoms. The molecule has 1 saturated heterocycles. The molecule has 0 aromatic heterocycles. The zero-order valence-corrected chi connectivity index (χ0v) is 40.3. The first kappa shape index (κ1) is 58.9. The Morgan fingerprint density at radius 1 is 0.686 bits per heavy atom. The molecule has 0 bridgehead atoms. The lowest BCUT2D eigenvalue weighted by Crippen LogP contribution is -2.59. The number of aliphatic carboxylic acids is 2. The zero-order valence-electron chi connectivity index (χ0n) is 40.3. The van der Waals surface area contributed by atoms with Crippen LogP contribution in [0.4, 0.5) is 0 Å². The average molecular weight is 988 g/mol. The van der Waals surface area contributed by atoms with Crippen molar-refractivity contribution >= 4 is 65.2 Å². The van der Waals surface area contributed by atoms with Gasteiger partial charge in [-0.25, -0.2) is 9.59 Å². The fourth-order valence-electron chi connectivity index (χ4n) is 6.93. The number of ether oxygens (including phenoxy) is 3. The second-order valence-corrected chi connectivity index (χ2v) is 16.7. The Kier molecular flexibility index (Phi) is 24.4. The van der Waals surface area contributed by atoms with E-state index in [1.54, 1.807) is 20.1 Å². The number of hydrogen-bond acceptors (Lipinski definition) is 15. The third kappa shape index (κ3) is 19.1. The molecule has 11 atom stereocenters. The Balaban J connectivity index is 2.71. The summed E-state index contributed by atoms with van der Waals surface area (Å²) < 4.78 is 15.1. The van der Waals surface area contributed by atoms with Gasteiger partial charge in [0.1, 0.15) is 36.3 Å². The molecule has 0 saturated carbocycles. The number of carboxylic acid groups (broad SMARTS) is 2. The number of esters is 2. The van der Waals surface area contributed by atoms with E-state index < -0.39 is 152 Å². The monoisotopic (exact) mass is 987 g/mol. The maximum atomic E-state index is 14.1. The van der Waals surface area contributed by atoms with Gasteiger partial charge in [0.15, 0.2) is 0 Å². The van der Waals surface area contributed by atoms with Crippen molar-refractivity contribution in [1.82, 2.24) is 37.2 Å². The van der Waals surface area contributed by atoms with Gasteiger partial charge in [-0.3, -0.25) is 43.2 Å². The quantitative estimate of drug-likeness (QED) is 0.0722. The molecular weight excluding hydrogens is 923 g/mol. The first-order chi connectivity index (χ1) is 33.0. The van der Waals surface area contributed by atoms with Crippen LogP contribution in [-0.4, -0.2) is 157 Å². The standard InChI is InChI=1S/C46H65N7O17/c1-23(18-24(2)34(68-6)19-28-12-10-9-11-13-28)14-15-29-25(3)39(58)50-30(45(64)65)16-17-35(55)48-33(22-54)44(63)47-27(5)41(60)52-32(21-37(57)70-8)43(62)53-38(46(66)67)26(4)40(59)51-31(42(61)49-29)20-36(56)69-7/h9-15,18,24-27,29-34,38,54H,16-17,19-22H2,1-8H3,(H,47,63)(H,48,55)(H,49,61)(H,50,58)(H,51,59)(H,52,60)(H,53,62)(H,64,65)(H,66,67)/b15-14+,23-18+/t24-,25-,26-,27+,29?,30+,31?,32-,33?,34-,38?/m0/s1. The Morgan fingerprint density at radius 2 is 1.23 bits per heavy atom. The third-order valence-electron chi connectivity index (χ3n) is 11.3. The van der Waals surface area contributed by atoms with Crippen LogP contribution in [0, 0.1) is 17.8 Å². The number of aliphatic hydroxyl groups excluding tert-OH is 1. The summed E-state index contributed by atoms with van der Waals surface area (Å²) in [5, 5.41) is 46.0. The lowest BCUT2D eigenvalue weighted by atomic mass is 9.94. The van der Waals surface area contributed by atoms with Crippen LogP contribution in [0.3, 0.4) is 0 Å². The number of methoxy groups -OCH3 is 3. The van der Waals surface area contributed by atoms with Crippen LogP contribution in [-0.2, 0) is 73.4 Å². The number of carboxylic acids is 2. The van der Waals surface area contributed by atoms with Gasteiger partial charge in [-0.05, 0) is 32.3 Å². The summed E-state index contributed by atoms with van der Waals surface area (Å²) in [4.78, 5) is 144. The van der Waals surface area contributed by atoms with Crippen LogP contribution in [0.2, 0.25) is 0 Å². The predicted octanol–water partition coefficient (Wildman–Crippen LogP) is -1.85. The molecule has 1 aliphatic heterocycles. The minimum Gasteiger partial charge on any atom is -0.480 e. The Hall–Kier alpha value is -7.21. The van der Waals surface area contributed by atoms with Crippen molar-refractivity contribution in [2.45, 2.75) is 115 Å². The highest BCUT2D eigenvalue weighted by molar-refractivity contribution is 5.98. The van der Waals surface area contributed by atoms with Crippen molar-refractivity contribution in [3.8, 4) is 0 Å². The number of allylic oxidation sites excluding steroid dienone is 2. The van der Waals surface area contributed by atoms with E-state index in [0.29, 0.717) is 12.0 Å². The van der Waals surface area contributed by atoms with Gasteiger partial charge in [0, 0.05) is 19.4 Å². The Bertz CT molecular complexity index is 2120. The van der Waals surface area contributed by atoms with Gasteiger partial charge in [0.25, 0.3) is 0 Å². The highest BCUT2D eigenvalue weighted by Crippen LogP contribution is 2.18. The van der Waals surface area contributed by atoms with E-state index in [1.807, 2.05) is 43.3 Å². The Morgan fingerprint density at radius 3 is 1.76 bits per heavy atom. The largest absolute Gasteiger partial charge is 0.480 e. The maximum Gasteiger partial charge on any atom is 0.327 e. The molecule has 1 aromatic rings. The molecule has 1 aromatic carbocycles. The van der Waals surface area contributed by atoms with Crippen LogP contribution in [0.5, 0.6) is 0 Å². The lowest BCUT2D eigenvalue weighted by molar-refractivity contribution is -0.148. The number of nitrogens with one attached hydrogen (secondary N) is 7. The maximum absolute atomic E-state index is 14.1. The fraction of sp³-hybridized carbons (Fsp3) is 0.543. The average Bonchev–Trinajstić information content (AvgIpc) is 3.32. The van der Waals surface area contributed by atoms with Crippen molar-refractivity contribution in [3.63, 3.8) is 0 Å². The molecule has 4 unspecified atom stereocenters. The summed E-state index contributed by atoms with van der Waals surface area (Å²) in [6.07, 6.45) is 2.30. The van der Waals surface area contributed by atoms with E-state index in [4.69, 9.17) is 9.47 Å². The molecule has 386 valence electrons. The Labute approximate surface area is 404 Å². The van der Waals surface area contributed by atoms with E-state index in [9.17, 15) is 68.1 Å². The van der Waals surface area contributed by atoms with Crippen molar-refractivity contribution in [3.05, 3.63) is 59.7 Å². The van der Waals surface area contributed by atoms with E-state index in [2.05, 4.69) is 42.0 Å². The lowest BCUT2D eigenvalue weighted by Gasteiger charge is -2.28. The number of carbonyl (C=O) groups excluding carboxylic acids is 9. The second-order valence-electron chi connectivity index (χ2n) is 16.7. The normalized spacial score (nSPS) is 26.2. The summed E-state index contributed by atoms with van der Waals surface area (Å²) in [5.74, 6) is -16.4. The molecule has 10 N–H and O–H groups in total. The number of hydrogen-bond donors (Lipinski definition) is 10. The van der Waals surface area contributed by atoms with Crippen LogP contribution < -0.4 is 37.2 Å². The molecule has 1 fully saturated rings. The van der Waals surface area contributed by atoms with E-state index >= 15 is 0 Å². The topological polar surface area (TPSA) is 360 Å². The van der Waals surface area contributed by atoms with Crippen molar-refractivity contribution < 1.29 is 82.3 Å². The van der Waals surface area contributed by atoms with Gasteiger partial charge < -0.3 is 66.7 Å². The summed E-state index contributed by atoms with van der Waals surface area (Å²) >= 11 is 0. The van der Waals surface area contributed by atoms with E-state index in [1.165, 1.54) is 13.0 Å². The predicted molar refractivity (Wildman–Crippen MR) is 245 cm³/mol. The minimum absolute atomic E-state index is 0.173. The smallest absolute Gasteiger partial charge is 0.327 e. The molecule has 7 amide bonds. The molecule has 0 radical (unpaired) electrons. The third-order valence-corrected chi connectivity index (χ3v) is 11.3. The fourth-order valence-corrected chi connectivity index (χ4v) is 6.93. The summed E-state index contributed by atoms with van der Waals surface area (Å²) in [7, 11) is 3.53. The molecule has 70 heavy (non-hydrogen) atoms. The molecule has 1 aliphatic rings. The SMILES string of the molecule is COC(=O)CC1NC(=O)[C@@H](C)C(C(=O)O)NC(=O)[C@H](CC(=O)OC)NC(=O)[C@@H](C)NC(=O)C(CO)NC(=O)CC[C@H](C(=O)O)NC(=O)[C@@H](C)C(/C=C/C(C)=C/[C@H](C)[C@H](Cc2ccccc2)OC)NC1=O. The summed E-state index contributed by atoms with van der Waals surface area (Å²) in [6.45, 7) is 6.16. The summed E-state index contributed by atoms with van der Waals surface area (Å²) in [5.41, 5.74) is 1.66. The van der Waals surface area contributed by atoms with Crippen molar-refractivity contribution in [1.29, 1.82) is 0 Å². The van der Waals surface area contributed by atoms with Crippen molar-refractivity contribution in [2.75, 3.05) is 27.9 Å². The molecule has 2 rings (SSSR count). The molecule has 24 heteroatoms. The van der Waals surface area contributed by atoms with Crippen LogP contribution >= 0.6 is 0 Å². The first-order valence-electron chi connectivity index (χ1n) is 22.2. The number of rotatable bonds is 14. The zero-order chi connectivity index (χ0) is 52.8. The van der Waals surface area contributed by atoms with Gasteiger partial charge in [0.2, 0.25) is 41.4 Å². The van der Waals surface area contributed by atoms with E-state index in [-0.39, 0.29) is 12.0 Å². The van der Waals surface area contributed by atoms with Gasteiger partial charge in [-0.1, -0.05) is 74.9 Å². The molecule has 1 heterocycles. The highest BCUT2D eigenvalue weighted by Gasteiger charge is 2.38. The molecular formula is C46H65N7O17. The number of aliphatic hydroxyl groups is 1. The second kappa shape index (κ2) is 29.0. The van der Waals surface area contributed by atoms with E-state index in [0.717, 1.165) is 33.6 Å². The molecule has 24 nitrogen and oxygen atoms in total. The van der Waals surface area contributed by atoms with Gasteiger partial charge in [-0.15, -0.1) is 0 Å². The van der Waals surface area contributed by atoms with Gasteiger partial charge in [-0.2, -0.15) is 0 Å². The van der Waals surface area contributed by atoms with Crippen LogP contribution in [0.1, 0.15) is 65.9 Å². The molecule has 0 aliphatic carbocycles. The first-order valence-corrected chi connectivity index (χ1v) is 22.2. The number of carbonyl (C=O) groups is 11. The summed E-state index contributed by atoms with van der Waals surface area (Å²) in [6, 6.07) is -2.48.